The Hall–Kier alpha value is -7.21. The molecule has 0 spiro atoms. The predicted molar refractivity (Wildman–Crippen MR) is 217 cm³/mol. The lowest BCUT2D eigenvalue weighted by Gasteiger charge is -2.33. The van der Waals surface area contributed by atoms with Crippen LogP contribution < -0.4 is 31.4 Å². The second-order valence-electron chi connectivity index (χ2n) is 14.8. The number of benzene rings is 1. The number of imidazole rings is 2. The molecule has 2 aliphatic heterocycles. The van der Waals surface area contributed by atoms with E-state index in [0.29, 0.717) is 22.7 Å². The minimum atomic E-state index is -4.53. The van der Waals surface area contributed by atoms with Gasteiger partial charge in [0.15, 0.2) is 23.1 Å². The number of carbonyl (C=O) groups excluding carboxylic acids is 4. The summed E-state index contributed by atoms with van der Waals surface area (Å²) in [5.41, 5.74) is 13.3. The number of fused-ring (bicyclic) bond motifs is 9. The van der Waals surface area contributed by atoms with E-state index < -0.39 is 35.9 Å². The average molecular weight is 875 g/mol. The lowest BCUT2D eigenvalue weighted by molar-refractivity contribution is -0.606. The van der Waals surface area contributed by atoms with Crippen LogP contribution in [0.15, 0.2) is 36.5 Å². The van der Waals surface area contributed by atoms with Crippen molar-refractivity contribution in [3.63, 3.8) is 0 Å². The summed E-state index contributed by atoms with van der Waals surface area (Å²) in [7, 11) is 0. The van der Waals surface area contributed by atoms with Gasteiger partial charge in [0.1, 0.15) is 29.9 Å². The van der Waals surface area contributed by atoms with Crippen LogP contribution in [0.3, 0.4) is 0 Å². The molecule has 2 aliphatic rings. The van der Waals surface area contributed by atoms with Crippen molar-refractivity contribution in [2.24, 2.45) is 11.5 Å². The number of nitrogens with two attached hydrogens (primary N) is 2. The van der Waals surface area contributed by atoms with Crippen LogP contribution in [0.4, 0.5) is 25.1 Å². The molecule has 0 bridgehead atoms. The highest BCUT2D eigenvalue weighted by Gasteiger charge is 2.43. The van der Waals surface area contributed by atoms with E-state index in [-0.39, 0.29) is 116 Å². The Balaban J connectivity index is 1.28. The van der Waals surface area contributed by atoms with E-state index in [1.807, 2.05) is 6.92 Å². The van der Waals surface area contributed by atoms with Gasteiger partial charge in [0.05, 0.1) is 23.4 Å². The molecule has 7 heterocycles. The molecule has 6 aromatic rings. The fourth-order valence-electron chi connectivity index (χ4n) is 7.77. The normalized spacial score (nSPS) is 16.8. The molecule has 1 unspecified atom stereocenters. The van der Waals surface area contributed by atoms with Gasteiger partial charge in [-0.05, 0) is 39.0 Å². The van der Waals surface area contributed by atoms with Crippen molar-refractivity contribution in [2.75, 3.05) is 43.5 Å². The van der Waals surface area contributed by atoms with E-state index in [4.69, 9.17) is 25.9 Å². The molecule has 1 fully saturated rings. The molecule has 1 atom stereocenters. The zero-order valence-corrected chi connectivity index (χ0v) is 34.6. The van der Waals surface area contributed by atoms with Gasteiger partial charge in [-0.3, -0.25) is 44.0 Å². The Morgan fingerprint density at radius 1 is 0.921 bits per heavy atom. The molecule has 4 amide bonds. The van der Waals surface area contributed by atoms with Gasteiger partial charge in [-0.25, -0.2) is 15.0 Å². The molecule has 5 aromatic heterocycles. The molecule has 0 aliphatic carbocycles. The number of anilines is 2. The smallest absolute Gasteiger partial charge is 0.415 e. The number of ether oxygens (including phenoxy) is 2. The number of aryl methyl sites for hydroxylation is 4. The number of hydrogen-bond donors (Lipinski definition) is 4. The van der Waals surface area contributed by atoms with Gasteiger partial charge in [0.2, 0.25) is 23.7 Å². The Morgan fingerprint density at radius 3 is 2.29 bits per heavy atom. The molecule has 63 heavy (non-hydrogen) atoms. The fourth-order valence-corrected chi connectivity index (χ4v) is 7.77. The molecule has 21 nitrogen and oxygen atoms in total. The molecule has 1 aromatic carbocycles. The first kappa shape index (κ1) is 42.5. The summed E-state index contributed by atoms with van der Waals surface area (Å²) >= 11 is 0. The Bertz CT molecular complexity index is 2860. The standard InChI is InChI=1S/C39H42F3N15O6/c1-5-55-30-28(20(3)50-55)57-21(4)51-56(6-2)36(57)35(61)49-38-47-25-16-23(32(44)59)18-45-33(25)54(38)10-8-7-9-53-29-24(46-37(53)48-34(30)60)15-22(31(43)58)17-26(29)62-13-11-52-12-14-63-27(19-52)39(40,41)42/h7-8,15-18,27H,5-6,9-14,19H2,1-4H3,(H5-,43,44,46,47,48,49,58,59,60,61)/p+1/b8-7+. The van der Waals surface area contributed by atoms with Crippen molar-refractivity contribution >= 4 is 57.7 Å². The number of morpholine rings is 1. The van der Waals surface area contributed by atoms with Crippen molar-refractivity contribution < 1.29 is 46.4 Å². The summed E-state index contributed by atoms with van der Waals surface area (Å²) in [6.07, 6.45) is -1.65. The summed E-state index contributed by atoms with van der Waals surface area (Å²) in [5, 5.41) is 15.1. The van der Waals surface area contributed by atoms with Gasteiger partial charge in [0, 0.05) is 63.1 Å². The number of allylic oxidation sites excluding steroid dienone is 2. The number of primary amides is 2. The van der Waals surface area contributed by atoms with Crippen LogP contribution in [0, 0.1) is 13.8 Å². The highest BCUT2D eigenvalue weighted by atomic mass is 19.4. The van der Waals surface area contributed by atoms with Crippen LogP contribution in [0.2, 0.25) is 0 Å². The number of aromatic nitrogens is 10. The topological polar surface area (TPSA) is 254 Å². The summed E-state index contributed by atoms with van der Waals surface area (Å²) in [5.74, 6) is -2.12. The summed E-state index contributed by atoms with van der Waals surface area (Å²) < 4.78 is 59.4. The van der Waals surface area contributed by atoms with Crippen molar-refractivity contribution in [1.29, 1.82) is 0 Å². The summed E-state index contributed by atoms with van der Waals surface area (Å²) in [6, 6.07) is 4.33. The van der Waals surface area contributed by atoms with Crippen molar-refractivity contribution in [3.05, 3.63) is 70.7 Å². The molecule has 1 saturated heterocycles. The maximum absolute atomic E-state index is 14.7. The van der Waals surface area contributed by atoms with Gasteiger partial charge < -0.3 is 25.5 Å². The molecular formula is C39H43F3N15O6+. The minimum Gasteiger partial charge on any atom is -0.490 e. The predicted octanol–water partition coefficient (Wildman–Crippen LogP) is 2.02. The Morgan fingerprint density at radius 2 is 1.59 bits per heavy atom. The number of carbonyl (C=O) groups is 4. The average Bonchev–Trinajstić information content (AvgIpc) is 3.97. The lowest BCUT2D eigenvalue weighted by Crippen LogP contribution is -2.50. The third-order valence-electron chi connectivity index (χ3n) is 10.7. The van der Waals surface area contributed by atoms with Gasteiger partial charge in [-0.2, -0.15) is 22.8 Å². The SMILES string of the molecule is CCn1nc(C)c2c1C(=O)Nc1nc3cc(C(N)=O)cc(OCCN4CCOC(C(F)(F)F)C4)c3n1C/C=C/Cn1c(nc3cc(C(N)=O)cnc31)NC(=O)c1n(CC)nc(C)[n+]1-2. The van der Waals surface area contributed by atoms with E-state index in [9.17, 15) is 32.3 Å². The Labute approximate surface area is 355 Å². The van der Waals surface area contributed by atoms with E-state index in [1.54, 1.807) is 51.5 Å². The minimum absolute atomic E-state index is 0.0326. The van der Waals surface area contributed by atoms with Gasteiger partial charge in [-0.15, -0.1) is 4.68 Å². The van der Waals surface area contributed by atoms with E-state index in [1.165, 1.54) is 33.8 Å². The molecule has 0 radical (unpaired) electrons. The number of pyridine rings is 1. The molecule has 330 valence electrons. The second kappa shape index (κ2) is 16.6. The number of hydrogen-bond acceptors (Lipinski definition) is 12. The number of nitrogens with one attached hydrogen (secondary N) is 2. The number of nitrogens with zero attached hydrogens (tertiary/aromatic N) is 11. The highest BCUT2D eigenvalue weighted by molar-refractivity contribution is 6.06. The quantitative estimate of drug-likeness (QED) is 0.127. The van der Waals surface area contributed by atoms with E-state index in [2.05, 4.69) is 30.8 Å². The number of amides is 4. The lowest BCUT2D eigenvalue weighted by atomic mass is 10.1. The van der Waals surface area contributed by atoms with Crippen LogP contribution in [-0.4, -0.2) is 117 Å². The summed E-state index contributed by atoms with van der Waals surface area (Å²) in [6.45, 7) is 7.43. The maximum Gasteiger partial charge on any atom is 0.415 e. The molecule has 0 saturated carbocycles. The highest BCUT2D eigenvalue weighted by Crippen LogP contribution is 2.32. The summed E-state index contributed by atoms with van der Waals surface area (Å²) in [4.78, 5) is 69.3. The zero-order valence-electron chi connectivity index (χ0n) is 34.6. The third kappa shape index (κ3) is 7.93. The van der Waals surface area contributed by atoms with Crippen LogP contribution >= 0.6 is 0 Å². The first-order chi connectivity index (χ1) is 30.1. The fraction of sp³-hybridized carbons (Fsp3) is 0.385. The van der Waals surface area contributed by atoms with Crippen molar-refractivity contribution in [1.82, 2.24) is 48.5 Å². The largest absolute Gasteiger partial charge is 0.490 e. The Kier molecular flexibility index (Phi) is 11.2. The second-order valence-corrected chi connectivity index (χ2v) is 14.8. The van der Waals surface area contributed by atoms with Crippen LogP contribution in [0.5, 0.6) is 5.75 Å². The van der Waals surface area contributed by atoms with E-state index >= 15 is 0 Å². The van der Waals surface area contributed by atoms with Crippen molar-refractivity contribution in [3.8, 4) is 11.4 Å². The monoisotopic (exact) mass is 874 g/mol. The van der Waals surface area contributed by atoms with Crippen LogP contribution in [0.25, 0.3) is 27.9 Å². The molecule has 24 heteroatoms. The molecule has 6 N–H and O–H groups in total. The zero-order chi connectivity index (χ0) is 44.9. The first-order valence-electron chi connectivity index (χ1n) is 20.0. The molecular weight excluding hydrogens is 832 g/mol. The van der Waals surface area contributed by atoms with Gasteiger partial charge in [-0.1, -0.05) is 12.2 Å². The van der Waals surface area contributed by atoms with Gasteiger partial charge in [0.25, 0.3) is 11.7 Å². The first-order valence-corrected chi connectivity index (χ1v) is 20.0. The van der Waals surface area contributed by atoms with Gasteiger partial charge >= 0.3 is 17.9 Å². The maximum atomic E-state index is 14.7. The number of rotatable bonds is 8. The van der Waals surface area contributed by atoms with Crippen molar-refractivity contribution in [2.45, 2.75) is 66.2 Å². The van der Waals surface area contributed by atoms with Crippen LogP contribution in [0.1, 0.15) is 67.2 Å². The van der Waals surface area contributed by atoms with E-state index in [0.717, 1.165) is 0 Å². The number of alkyl halides is 3. The molecule has 8 rings (SSSR count). The third-order valence-corrected chi connectivity index (χ3v) is 10.7. The number of halogens is 3. The van der Waals surface area contributed by atoms with Crippen LogP contribution in [-0.2, 0) is 30.9 Å².